The molecule has 1 aromatic carbocycles. The fourth-order valence-corrected chi connectivity index (χ4v) is 5.02. The summed E-state index contributed by atoms with van der Waals surface area (Å²) in [6.07, 6.45) is 4.65. The van der Waals surface area contributed by atoms with E-state index in [9.17, 15) is 9.18 Å². The molecule has 2 unspecified atom stereocenters. The smallest absolute Gasteiger partial charge is 0.256 e. The molecule has 0 spiro atoms. The Morgan fingerprint density at radius 3 is 2.71 bits per heavy atom. The highest BCUT2D eigenvalue weighted by molar-refractivity contribution is 6.04. The van der Waals surface area contributed by atoms with Gasteiger partial charge < -0.3 is 16.4 Å². The molecule has 3 atom stereocenters. The number of aromatic nitrogens is 5. The topological polar surface area (TPSA) is 124 Å². The van der Waals surface area contributed by atoms with E-state index >= 15 is 4.39 Å². The van der Waals surface area contributed by atoms with E-state index in [0.29, 0.717) is 22.6 Å². The molecule has 2 aliphatic rings. The molecule has 1 saturated heterocycles. The van der Waals surface area contributed by atoms with Crippen molar-refractivity contribution in [1.29, 1.82) is 0 Å². The Balaban J connectivity index is 0.00000253. The van der Waals surface area contributed by atoms with Gasteiger partial charge in [0, 0.05) is 29.4 Å². The summed E-state index contributed by atoms with van der Waals surface area (Å²) in [5.41, 5.74) is 7.28. The number of piperidine rings is 1. The first-order valence-corrected chi connectivity index (χ1v) is 10.9. The maximum absolute atomic E-state index is 15.3. The molecule has 1 amide bonds. The standard InChI is InChI=1S/C23H20F2N8O.ClH/c24-13-3-4-27-18(8-13)31-23(34)12-1-2-14(15(25)7-12)20-19-21(26)29-10-30-22(19)33(32-20)17-6-11-5-16(17)28-9-11;/h1-4,7-8,10-11,16-17,28H,5-6,9H2,(H2,26,29,30)(H,27,31,34);1H/t11-,16?,17?;/m1./s1. The van der Waals surface area contributed by atoms with Crippen molar-refractivity contribution in [3.05, 3.63) is 60.1 Å². The van der Waals surface area contributed by atoms with Gasteiger partial charge in [-0.15, -0.1) is 12.4 Å². The third-order valence-electron chi connectivity index (χ3n) is 6.58. The molecule has 180 valence electrons. The summed E-state index contributed by atoms with van der Waals surface area (Å²) in [5, 5.41) is 11.2. The van der Waals surface area contributed by atoms with Gasteiger partial charge >= 0.3 is 0 Å². The first-order valence-electron chi connectivity index (χ1n) is 10.9. The maximum atomic E-state index is 15.3. The Kier molecular flexibility index (Phi) is 5.81. The number of fused-ring (bicyclic) bond motifs is 3. The first-order chi connectivity index (χ1) is 16.5. The third-order valence-corrected chi connectivity index (χ3v) is 6.58. The molecule has 9 nitrogen and oxygen atoms in total. The molecular formula is C23H21ClF2N8O. The molecule has 4 aromatic rings. The van der Waals surface area contributed by atoms with Crippen LogP contribution in [0.1, 0.15) is 29.2 Å². The summed E-state index contributed by atoms with van der Waals surface area (Å²) in [4.78, 5) is 24.9. The predicted molar refractivity (Wildman–Crippen MR) is 128 cm³/mol. The highest BCUT2D eigenvalue weighted by Gasteiger charge is 2.42. The number of carbonyl (C=O) groups is 1. The molecule has 3 aromatic heterocycles. The van der Waals surface area contributed by atoms with Crippen molar-refractivity contribution >= 4 is 41.0 Å². The lowest BCUT2D eigenvalue weighted by Gasteiger charge is -2.23. The minimum atomic E-state index is -0.652. The van der Waals surface area contributed by atoms with Gasteiger partial charge in [-0.3, -0.25) is 4.79 Å². The Morgan fingerprint density at radius 2 is 2.00 bits per heavy atom. The van der Waals surface area contributed by atoms with E-state index in [-0.39, 0.29) is 47.3 Å². The van der Waals surface area contributed by atoms with Crippen molar-refractivity contribution < 1.29 is 13.6 Å². The van der Waals surface area contributed by atoms with Gasteiger partial charge in [0.15, 0.2) is 5.65 Å². The minimum absolute atomic E-state index is 0. The van der Waals surface area contributed by atoms with Crippen LogP contribution in [0.15, 0.2) is 42.9 Å². The number of halogens is 3. The first kappa shape index (κ1) is 23.1. The zero-order chi connectivity index (χ0) is 23.4. The van der Waals surface area contributed by atoms with Crippen molar-refractivity contribution in [3.8, 4) is 11.3 Å². The number of nitrogens with two attached hydrogens (primary N) is 1. The van der Waals surface area contributed by atoms with E-state index in [2.05, 4.69) is 25.6 Å². The second kappa shape index (κ2) is 8.82. The van der Waals surface area contributed by atoms with Gasteiger partial charge in [0.1, 0.15) is 35.3 Å². The van der Waals surface area contributed by atoms with Crippen LogP contribution in [-0.4, -0.2) is 43.2 Å². The SMILES string of the molecule is Cl.Nc1ncnc2c1c(-c1ccc(C(=O)Nc3cc(F)ccn3)cc1F)nn2C1C[C@@H]2CNC1C2. The van der Waals surface area contributed by atoms with Gasteiger partial charge in [-0.2, -0.15) is 5.10 Å². The summed E-state index contributed by atoms with van der Waals surface area (Å²) in [5.74, 6) is -0.987. The van der Waals surface area contributed by atoms with Crippen molar-refractivity contribution in [2.75, 3.05) is 17.6 Å². The molecule has 35 heavy (non-hydrogen) atoms. The van der Waals surface area contributed by atoms with Crippen LogP contribution in [0.3, 0.4) is 0 Å². The van der Waals surface area contributed by atoms with Crippen molar-refractivity contribution in [3.63, 3.8) is 0 Å². The normalized spacial score (nSPS) is 20.7. The van der Waals surface area contributed by atoms with E-state index in [1.165, 1.54) is 24.7 Å². The zero-order valence-electron chi connectivity index (χ0n) is 18.3. The summed E-state index contributed by atoms with van der Waals surface area (Å²) in [6, 6.07) is 6.66. The molecule has 2 fully saturated rings. The molecule has 0 radical (unpaired) electrons. The zero-order valence-corrected chi connectivity index (χ0v) is 19.1. The molecule has 1 aliphatic carbocycles. The predicted octanol–water partition coefficient (Wildman–Crippen LogP) is 3.35. The average molecular weight is 499 g/mol. The van der Waals surface area contributed by atoms with Crippen LogP contribution in [0.4, 0.5) is 20.4 Å². The number of carbonyl (C=O) groups excluding carboxylic acids is 1. The number of nitrogens with one attached hydrogen (secondary N) is 2. The highest BCUT2D eigenvalue weighted by Crippen LogP contribution is 2.42. The highest BCUT2D eigenvalue weighted by atomic mass is 35.5. The minimum Gasteiger partial charge on any atom is -0.383 e. The molecule has 2 bridgehead atoms. The lowest BCUT2D eigenvalue weighted by molar-refractivity contribution is 0.102. The van der Waals surface area contributed by atoms with E-state index in [1.807, 2.05) is 4.68 Å². The summed E-state index contributed by atoms with van der Waals surface area (Å²) in [6.45, 7) is 0.994. The molecule has 6 rings (SSSR count). The van der Waals surface area contributed by atoms with Crippen molar-refractivity contribution in [1.82, 2.24) is 30.0 Å². The Labute approximate surface area is 204 Å². The molecule has 1 aliphatic heterocycles. The summed E-state index contributed by atoms with van der Waals surface area (Å²) >= 11 is 0. The summed E-state index contributed by atoms with van der Waals surface area (Å²) < 4.78 is 30.5. The number of anilines is 2. The molecule has 12 heteroatoms. The van der Waals surface area contributed by atoms with Crippen LogP contribution in [-0.2, 0) is 0 Å². The number of rotatable bonds is 4. The molecule has 1 saturated carbocycles. The monoisotopic (exact) mass is 498 g/mol. The van der Waals surface area contributed by atoms with Crippen LogP contribution >= 0.6 is 12.4 Å². The average Bonchev–Trinajstić information content (AvgIpc) is 3.54. The van der Waals surface area contributed by atoms with Crippen molar-refractivity contribution in [2.45, 2.75) is 24.9 Å². The van der Waals surface area contributed by atoms with Crippen LogP contribution in [0.2, 0.25) is 0 Å². The number of hydrogen-bond acceptors (Lipinski definition) is 7. The van der Waals surface area contributed by atoms with Gasteiger partial charge in [-0.05, 0) is 49.6 Å². The number of benzene rings is 1. The van der Waals surface area contributed by atoms with E-state index < -0.39 is 17.5 Å². The second-order valence-corrected chi connectivity index (χ2v) is 8.68. The fourth-order valence-electron chi connectivity index (χ4n) is 5.02. The number of amides is 1. The quantitative estimate of drug-likeness (QED) is 0.394. The molecule has 4 N–H and O–H groups in total. The van der Waals surface area contributed by atoms with E-state index in [4.69, 9.17) is 10.8 Å². The van der Waals surface area contributed by atoms with Crippen LogP contribution in [0, 0.1) is 17.6 Å². The van der Waals surface area contributed by atoms with Crippen LogP contribution < -0.4 is 16.4 Å². The Hall–Kier alpha value is -3.70. The van der Waals surface area contributed by atoms with Gasteiger partial charge in [0.05, 0.1) is 11.4 Å². The number of hydrogen-bond donors (Lipinski definition) is 3. The summed E-state index contributed by atoms with van der Waals surface area (Å²) in [7, 11) is 0. The lowest BCUT2D eigenvalue weighted by atomic mass is 10.1. The number of nitrogens with zero attached hydrogens (tertiary/aromatic N) is 5. The van der Waals surface area contributed by atoms with Gasteiger partial charge in [0.2, 0.25) is 0 Å². The Bertz CT molecular complexity index is 1440. The van der Waals surface area contributed by atoms with Crippen LogP contribution in [0.25, 0.3) is 22.3 Å². The maximum Gasteiger partial charge on any atom is 0.256 e. The number of nitrogen functional groups attached to an aromatic ring is 1. The van der Waals surface area contributed by atoms with Crippen LogP contribution in [0.5, 0.6) is 0 Å². The second-order valence-electron chi connectivity index (χ2n) is 8.68. The lowest BCUT2D eigenvalue weighted by Crippen LogP contribution is -2.35. The Morgan fingerprint density at radius 1 is 1.14 bits per heavy atom. The van der Waals surface area contributed by atoms with Gasteiger partial charge in [-0.25, -0.2) is 28.4 Å². The van der Waals surface area contributed by atoms with Gasteiger partial charge in [0.25, 0.3) is 5.91 Å². The largest absolute Gasteiger partial charge is 0.383 e. The van der Waals surface area contributed by atoms with Crippen molar-refractivity contribution in [2.24, 2.45) is 5.92 Å². The van der Waals surface area contributed by atoms with E-state index in [1.54, 1.807) is 0 Å². The van der Waals surface area contributed by atoms with Gasteiger partial charge in [-0.1, -0.05) is 0 Å². The molecular weight excluding hydrogens is 478 g/mol. The fraction of sp³-hybridized carbons (Fsp3) is 0.261. The number of pyridine rings is 1. The van der Waals surface area contributed by atoms with E-state index in [0.717, 1.165) is 37.6 Å². The third kappa shape index (κ3) is 3.96. The molecule has 4 heterocycles.